The van der Waals surface area contributed by atoms with Gasteiger partial charge in [0.05, 0.1) is 0 Å². The Hall–Kier alpha value is 1.45. The first-order chi connectivity index (χ1) is 0. The van der Waals surface area contributed by atoms with Gasteiger partial charge in [-0.1, -0.05) is 0 Å². The van der Waals surface area contributed by atoms with Gasteiger partial charge in [-0.15, -0.1) is 0 Å². The third-order valence-electron chi connectivity index (χ3n) is 0. The van der Waals surface area contributed by atoms with Gasteiger partial charge in [-0.05, 0) is 0 Å². The minimum Gasteiger partial charge on any atom is -2.00 e. The Morgan fingerprint density at radius 3 is 0.714 bits per heavy atom. The van der Waals surface area contributed by atoms with Crippen LogP contribution < -0.4 is 0 Å². The molecule has 0 unspecified atom stereocenters. The Bertz CT molecular complexity index is 9.65. The van der Waals surface area contributed by atoms with Gasteiger partial charge in [0.15, 0.2) is 0 Å². The van der Waals surface area contributed by atoms with Crippen LogP contribution in [0.1, 0.15) is 0 Å². The van der Waals surface area contributed by atoms with E-state index in [9.17, 15) is 0 Å². The van der Waals surface area contributed by atoms with E-state index in [1.807, 2.05) is 0 Å². The summed E-state index contributed by atoms with van der Waals surface area (Å²) in [7, 11) is 0. The summed E-state index contributed by atoms with van der Waals surface area (Å²) < 4.78 is 0. The topological polar surface area (TPSA) is 120 Å². The Labute approximate surface area is 74.3 Å². The fourth-order valence-corrected chi connectivity index (χ4v) is 0. The fraction of sp³-hybridized carbons (Fsp3) is 0. The molecule has 4 N–H and O–H groups in total. The smallest absolute Gasteiger partial charge is 2.00 e. The third kappa shape index (κ3) is 105. The minimum absolute atomic E-state index is 0. The predicted molar refractivity (Wildman–Crippen MR) is 8.60 cm³/mol. The van der Waals surface area contributed by atoms with Gasteiger partial charge in [-0.3, -0.25) is 0 Å². The summed E-state index contributed by atoms with van der Waals surface area (Å²) in [4.78, 5) is 0. The van der Waals surface area contributed by atoms with Crippen molar-refractivity contribution in [2.45, 2.75) is 0 Å². The molecule has 0 aliphatic rings. The van der Waals surface area contributed by atoms with E-state index in [4.69, 9.17) is 0 Å². The van der Waals surface area contributed by atoms with Gasteiger partial charge in [-0.25, -0.2) is 0 Å². The van der Waals surface area contributed by atoms with Gasteiger partial charge in [0, 0.05) is 16.5 Å². The van der Waals surface area contributed by atoms with Crippen LogP contribution in [0.15, 0.2) is 0 Å². The molecule has 0 rings (SSSR count). The summed E-state index contributed by atoms with van der Waals surface area (Å²) in [6.45, 7) is 0. The van der Waals surface area contributed by atoms with Gasteiger partial charge in [0.2, 0.25) is 0 Å². The van der Waals surface area contributed by atoms with E-state index >= 15 is 0 Å². The van der Waals surface area contributed by atoms with Crippen LogP contribution in [0.3, 0.4) is 0 Å². The molecule has 50 valence electrons. The monoisotopic (exact) mass is 248 g/mol. The largest absolute Gasteiger partial charge is 2.00 e. The molecule has 0 aromatic carbocycles. The van der Waals surface area contributed by atoms with E-state index in [-0.39, 0.29) is 74.4 Å². The van der Waals surface area contributed by atoms with E-state index in [1.54, 1.807) is 0 Å². The van der Waals surface area contributed by atoms with Crippen molar-refractivity contribution in [3.63, 3.8) is 0 Å². The molecule has 7 heteroatoms. The van der Waals surface area contributed by atoms with Gasteiger partial charge in [0.25, 0.3) is 0 Å². The molecular formula is H4Ni2O4Zn. The second-order valence-corrected chi connectivity index (χ2v) is 0. The van der Waals surface area contributed by atoms with Crippen molar-refractivity contribution in [3.05, 3.63) is 0 Å². The molecule has 0 aromatic heterocycles. The van der Waals surface area contributed by atoms with E-state index in [0.717, 1.165) is 0 Å². The number of hydrogen-bond donors (Lipinski definition) is 0. The van der Waals surface area contributed by atoms with Gasteiger partial charge in [0.1, 0.15) is 0 Å². The molecule has 0 atom stereocenters. The van der Waals surface area contributed by atoms with Crippen LogP contribution in [-0.4, -0.2) is 11.0 Å². The van der Waals surface area contributed by atoms with Gasteiger partial charge >= 0.3 is 36.0 Å². The predicted octanol–water partition coefficient (Wildman–Crippen LogP) is -1.89. The van der Waals surface area contributed by atoms with Crippen LogP contribution in [0, 0.1) is 0 Å². The molecule has 0 spiro atoms. The molecule has 4 nitrogen and oxygen atoms in total. The molecule has 0 aliphatic carbocycles. The van der Waals surface area contributed by atoms with Crippen molar-refractivity contribution in [1.82, 2.24) is 0 Å². The van der Waals surface area contributed by atoms with Crippen molar-refractivity contribution in [1.29, 1.82) is 0 Å². The molecular weight excluding hydrogens is 247 g/mol. The second-order valence-electron chi connectivity index (χ2n) is 0. The first-order valence-electron chi connectivity index (χ1n) is 0. The minimum atomic E-state index is 0. The fourth-order valence-electron chi connectivity index (χ4n) is 0. The van der Waals surface area contributed by atoms with Crippen molar-refractivity contribution >= 4 is 0 Å². The van der Waals surface area contributed by atoms with Crippen molar-refractivity contribution in [3.8, 4) is 0 Å². The first kappa shape index (κ1) is 223. The maximum Gasteiger partial charge on any atom is 2.00 e. The normalized spacial score (nSPS) is 0. The first-order valence-corrected chi connectivity index (χ1v) is 0. The Morgan fingerprint density at radius 1 is 0.714 bits per heavy atom. The zero-order valence-electron chi connectivity index (χ0n) is 3.16. The van der Waals surface area contributed by atoms with E-state index in [1.165, 1.54) is 0 Å². The Morgan fingerprint density at radius 2 is 0.714 bits per heavy atom. The van der Waals surface area contributed by atoms with Crippen LogP contribution in [-0.2, 0) is 63.4 Å². The van der Waals surface area contributed by atoms with Gasteiger partial charge < -0.3 is 21.9 Å². The molecule has 7 heavy (non-hydrogen) atoms. The number of rotatable bonds is 0. The van der Waals surface area contributed by atoms with Crippen molar-refractivity contribution in [2.75, 3.05) is 0 Å². The van der Waals surface area contributed by atoms with Crippen LogP contribution >= 0.6 is 0 Å². The molecule has 0 amide bonds. The van der Waals surface area contributed by atoms with Crippen molar-refractivity contribution < 1.29 is 74.4 Å². The SMILES string of the molecule is O.O.[Ni+2].[Ni].[O-2].[O-2].[Zn+2]. The maximum atomic E-state index is 0. The standard InChI is InChI=1S/2Ni.2H2O.2O.Zn/h;;2*1H2;;;/q;+2;;;2*-2;+2. The average Bonchev–Trinajstić information content (AvgIpc) is 0. The molecule has 0 heterocycles. The quantitative estimate of drug-likeness (QED) is 0.447. The van der Waals surface area contributed by atoms with Crippen molar-refractivity contribution in [2.24, 2.45) is 0 Å². The average molecular weight is 251 g/mol. The van der Waals surface area contributed by atoms with Crippen LogP contribution in [0.5, 0.6) is 0 Å². The molecule has 0 saturated heterocycles. The van der Waals surface area contributed by atoms with Crippen LogP contribution in [0.2, 0.25) is 0 Å². The molecule has 0 radical (unpaired) electrons. The third-order valence-corrected chi connectivity index (χ3v) is 0. The molecule has 0 bridgehead atoms. The summed E-state index contributed by atoms with van der Waals surface area (Å²) in [5.74, 6) is 0. The van der Waals surface area contributed by atoms with Crippen LogP contribution in [0.4, 0.5) is 0 Å². The second kappa shape index (κ2) is 147. The molecule has 0 aromatic rings. The zero-order chi connectivity index (χ0) is 0. The van der Waals surface area contributed by atoms with E-state index < -0.39 is 0 Å². The summed E-state index contributed by atoms with van der Waals surface area (Å²) in [6.07, 6.45) is 0. The Balaban J connectivity index is 0. The summed E-state index contributed by atoms with van der Waals surface area (Å²) >= 11 is 0. The summed E-state index contributed by atoms with van der Waals surface area (Å²) in [5.41, 5.74) is 0. The Kier molecular flexibility index (Phi) is 4690. The summed E-state index contributed by atoms with van der Waals surface area (Å²) in [6, 6.07) is 0. The zero-order valence-corrected chi connectivity index (χ0v) is 8.10. The van der Waals surface area contributed by atoms with Crippen LogP contribution in [0.25, 0.3) is 0 Å². The molecule has 0 saturated carbocycles. The van der Waals surface area contributed by atoms with Gasteiger partial charge in [-0.2, -0.15) is 0 Å². The molecule has 0 aliphatic heterocycles. The van der Waals surface area contributed by atoms with E-state index in [2.05, 4.69) is 0 Å². The number of hydrogen-bond acceptors (Lipinski definition) is 0. The summed E-state index contributed by atoms with van der Waals surface area (Å²) in [5, 5.41) is 0. The molecule has 0 fully saturated rings. The van der Waals surface area contributed by atoms with E-state index in [0.29, 0.717) is 0 Å². The maximum absolute atomic E-state index is 0.